The minimum absolute atomic E-state index is 0.685. The normalized spacial score (nSPS) is 20.5. The number of nitrogens with one attached hydrogen (secondary N) is 1. The van der Waals surface area contributed by atoms with Gasteiger partial charge in [0.1, 0.15) is 0 Å². The van der Waals surface area contributed by atoms with Crippen molar-refractivity contribution in [1.82, 2.24) is 14.7 Å². The number of rotatable bonds is 3. The first-order valence-corrected chi connectivity index (χ1v) is 7.96. The van der Waals surface area contributed by atoms with Crippen LogP contribution in [0.25, 0.3) is 4.96 Å². The molecule has 5 heteroatoms. The fourth-order valence-electron chi connectivity index (χ4n) is 2.26. The molecule has 92 valence electrons. The zero-order valence-corrected chi connectivity index (χ0v) is 11.8. The van der Waals surface area contributed by atoms with Crippen molar-refractivity contribution < 1.29 is 0 Å². The third-order valence-electron chi connectivity index (χ3n) is 3.23. The smallest absolute Gasteiger partial charge is 0.194 e. The van der Waals surface area contributed by atoms with Gasteiger partial charge >= 0.3 is 0 Å². The molecule has 1 aliphatic heterocycles. The predicted molar refractivity (Wildman–Crippen MR) is 75.1 cm³/mol. The second kappa shape index (κ2) is 4.63. The summed E-state index contributed by atoms with van der Waals surface area (Å²) in [7, 11) is 0. The third kappa shape index (κ3) is 2.23. The summed E-state index contributed by atoms with van der Waals surface area (Å²) in [5, 5.41) is 3.65. The van der Waals surface area contributed by atoms with Gasteiger partial charge in [-0.3, -0.25) is 4.40 Å². The van der Waals surface area contributed by atoms with Crippen LogP contribution in [0.5, 0.6) is 0 Å². The van der Waals surface area contributed by atoms with E-state index >= 15 is 0 Å². The van der Waals surface area contributed by atoms with Crippen molar-refractivity contribution in [3.8, 4) is 0 Å². The van der Waals surface area contributed by atoms with E-state index in [2.05, 4.69) is 34.7 Å². The zero-order chi connectivity index (χ0) is 11.8. The molecule has 0 bridgehead atoms. The molecule has 0 spiro atoms. The van der Waals surface area contributed by atoms with Crippen molar-refractivity contribution in [2.75, 3.05) is 11.5 Å². The van der Waals surface area contributed by atoms with E-state index in [1.54, 1.807) is 11.3 Å². The van der Waals surface area contributed by atoms with E-state index in [1.165, 1.54) is 28.5 Å². The topological polar surface area (TPSA) is 29.3 Å². The number of hydrogen-bond donors (Lipinski definition) is 1. The monoisotopic (exact) mass is 267 g/mol. The van der Waals surface area contributed by atoms with Gasteiger partial charge in [-0.1, -0.05) is 0 Å². The molecule has 1 aliphatic rings. The van der Waals surface area contributed by atoms with E-state index in [0.717, 1.165) is 17.2 Å². The highest BCUT2D eigenvalue weighted by Crippen LogP contribution is 2.22. The van der Waals surface area contributed by atoms with Gasteiger partial charge in [0.25, 0.3) is 0 Å². The van der Waals surface area contributed by atoms with Crippen LogP contribution in [0.4, 0.5) is 0 Å². The van der Waals surface area contributed by atoms with Gasteiger partial charge in [0.05, 0.1) is 11.4 Å². The minimum atomic E-state index is 0.685. The van der Waals surface area contributed by atoms with E-state index in [1.807, 2.05) is 11.8 Å². The number of aromatic nitrogens is 2. The Hall–Kier alpha value is -0.520. The van der Waals surface area contributed by atoms with Crippen LogP contribution in [0.15, 0.2) is 6.20 Å². The molecule has 0 aromatic carbocycles. The molecule has 3 nitrogen and oxygen atoms in total. The Balaban J connectivity index is 1.80. The second-order valence-electron chi connectivity index (χ2n) is 4.58. The minimum Gasteiger partial charge on any atom is -0.308 e. The molecule has 2 aromatic heterocycles. The number of thioether (sulfide) groups is 1. The van der Waals surface area contributed by atoms with Crippen LogP contribution in [-0.4, -0.2) is 26.9 Å². The fraction of sp³-hybridized carbons (Fsp3) is 0.583. The molecule has 3 rings (SSSR count). The Morgan fingerprint density at radius 3 is 3.18 bits per heavy atom. The van der Waals surface area contributed by atoms with Gasteiger partial charge in [0, 0.05) is 29.4 Å². The Morgan fingerprint density at radius 2 is 2.41 bits per heavy atom. The number of hydrogen-bond acceptors (Lipinski definition) is 4. The van der Waals surface area contributed by atoms with Crippen LogP contribution in [-0.2, 0) is 6.54 Å². The summed E-state index contributed by atoms with van der Waals surface area (Å²) in [6, 6.07) is 0.685. The summed E-state index contributed by atoms with van der Waals surface area (Å²) in [5.74, 6) is 2.56. The number of fused-ring (bicyclic) bond motifs is 1. The van der Waals surface area contributed by atoms with Gasteiger partial charge in [0.15, 0.2) is 4.96 Å². The van der Waals surface area contributed by atoms with E-state index in [9.17, 15) is 0 Å². The standard InChI is InChI=1S/C12H17N3S2/c1-8-6-15-11(9(2)14-12(15)17-8)5-13-10-3-4-16-7-10/h6,10,13H,3-5,7H2,1-2H3. The highest BCUT2D eigenvalue weighted by atomic mass is 32.2. The molecule has 1 unspecified atom stereocenters. The van der Waals surface area contributed by atoms with Gasteiger partial charge in [0.2, 0.25) is 0 Å². The molecule has 0 aliphatic carbocycles. The van der Waals surface area contributed by atoms with Crippen LogP contribution >= 0.6 is 23.1 Å². The van der Waals surface area contributed by atoms with Crippen molar-refractivity contribution in [2.45, 2.75) is 32.9 Å². The number of aryl methyl sites for hydroxylation is 2. The molecular formula is C12H17N3S2. The molecule has 1 atom stereocenters. The first-order chi connectivity index (χ1) is 8.24. The third-order valence-corrected chi connectivity index (χ3v) is 5.29. The van der Waals surface area contributed by atoms with Crippen LogP contribution in [0.3, 0.4) is 0 Å². The molecular weight excluding hydrogens is 250 g/mol. The van der Waals surface area contributed by atoms with Gasteiger partial charge in [-0.05, 0) is 26.0 Å². The van der Waals surface area contributed by atoms with Crippen molar-refractivity contribution in [3.63, 3.8) is 0 Å². The van der Waals surface area contributed by atoms with E-state index in [0.29, 0.717) is 6.04 Å². The van der Waals surface area contributed by atoms with E-state index < -0.39 is 0 Å². The average molecular weight is 267 g/mol. The van der Waals surface area contributed by atoms with Crippen molar-refractivity contribution >= 4 is 28.1 Å². The largest absolute Gasteiger partial charge is 0.308 e. The second-order valence-corrected chi connectivity index (χ2v) is 6.94. The summed E-state index contributed by atoms with van der Waals surface area (Å²) < 4.78 is 2.24. The lowest BCUT2D eigenvalue weighted by Gasteiger charge is -2.10. The molecule has 0 radical (unpaired) electrons. The first-order valence-electron chi connectivity index (χ1n) is 5.99. The lowest BCUT2D eigenvalue weighted by atomic mass is 10.2. The average Bonchev–Trinajstić information content (AvgIpc) is 2.93. The molecule has 3 heterocycles. The van der Waals surface area contributed by atoms with Gasteiger partial charge in [-0.15, -0.1) is 11.3 Å². The Labute approximate surface area is 110 Å². The molecule has 0 amide bonds. The van der Waals surface area contributed by atoms with Crippen molar-refractivity contribution in [3.05, 3.63) is 22.5 Å². The molecule has 1 N–H and O–H groups in total. The summed E-state index contributed by atoms with van der Waals surface area (Å²) in [5.41, 5.74) is 2.48. The predicted octanol–water partition coefficient (Wildman–Crippen LogP) is 2.61. The van der Waals surface area contributed by atoms with Gasteiger partial charge in [-0.2, -0.15) is 11.8 Å². The summed E-state index contributed by atoms with van der Waals surface area (Å²) >= 11 is 3.81. The Morgan fingerprint density at radius 1 is 1.53 bits per heavy atom. The highest BCUT2D eigenvalue weighted by Gasteiger charge is 2.17. The summed E-state index contributed by atoms with van der Waals surface area (Å²) in [4.78, 5) is 7.06. The summed E-state index contributed by atoms with van der Waals surface area (Å²) in [6.45, 7) is 5.18. The maximum atomic E-state index is 4.62. The summed E-state index contributed by atoms with van der Waals surface area (Å²) in [6.07, 6.45) is 3.49. The molecule has 17 heavy (non-hydrogen) atoms. The van der Waals surface area contributed by atoms with Crippen LogP contribution < -0.4 is 5.32 Å². The molecule has 2 aromatic rings. The number of imidazole rings is 1. The van der Waals surface area contributed by atoms with Crippen molar-refractivity contribution in [1.29, 1.82) is 0 Å². The molecule has 1 fully saturated rings. The lowest BCUT2D eigenvalue weighted by Crippen LogP contribution is -2.28. The number of nitrogens with zero attached hydrogens (tertiary/aromatic N) is 2. The Kier molecular flexibility index (Phi) is 3.15. The first kappa shape index (κ1) is 11.6. The van der Waals surface area contributed by atoms with Gasteiger partial charge < -0.3 is 5.32 Å². The van der Waals surface area contributed by atoms with Crippen LogP contribution in [0.1, 0.15) is 22.7 Å². The highest BCUT2D eigenvalue weighted by molar-refractivity contribution is 7.99. The lowest BCUT2D eigenvalue weighted by molar-refractivity contribution is 0.549. The number of thiazole rings is 1. The Bertz CT molecular complexity index is 523. The maximum Gasteiger partial charge on any atom is 0.194 e. The molecule has 1 saturated heterocycles. The SMILES string of the molecule is Cc1cn2c(CNC3CCSC3)c(C)nc2s1. The van der Waals surface area contributed by atoms with Crippen LogP contribution in [0, 0.1) is 13.8 Å². The van der Waals surface area contributed by atoms with Crippen LogP contribution in [0.2, 0.25) is 0 Å². The zero-order valence-electron chi connectivity index (χ0n) is 10.2. The maximum absolute atomic E-state index is 4.62. The van der Waals surface area contributed by atoms with Gasteiger partial charge in [-0.25, -0.2) is 4.98 Å². The molecule has 0 saturated carbocycles. The quantitative estimate of drug-likeness (QED) is 0.927. The fourth-order valence-corrected chi connectivity index (χ4v) is 4.34. The van der Waals surface area contributed by atoms with E-state index in [-0.39, 0.29) is 0 Å². The van der Waals surface area contributed by atoms with Crippen molar-refractivity contribution in [2.24, 2.45) is 0 Å². The van der Waals surface area contributed by atoms with E-state index in [4.69, 9.17) is 0 Å².